The summed E-state index contributed by atoms with van der Waals surface area (Å²) in [5.41, 5.74) is 3.26. The molecule has 3 rings (SSSR count). The number of hydrogen-bond acceptors (Lipinski definition) is 3. The van der Waals surface area contributed by atoms with E-state index in [4.69, 9.17) is 4.74 Å². The van der Waals surface area contributed by atoms with Gasteiger partial charge in [0.1, 0.15) is 12.3 Å². The molecule has 0 atom stereocenters. The molecule has 0 aliphatic heterocycles. The van der Waals surface area contributed by atoms with E-state index in [1.54, 1.807) is 14.0 Å². The van der Waals surface area contributed by atoms with Gasteiger partial charge in [-0.1, -0.05) is 30.2 Å². The van der Waals surface area contributed by atoms with Crippen molar-refractivity contribution in [2.75, 3.05) is 6.61 Å². The molecule has 4 heteroatoms. The molecule has 0 bridgehead atoms. The molecule has 0 amide bonds. The Morgan fingerprint density at radius 2 is 2.08 bits per heavy atom. The van der Waals surface area contributed by atoms with Crippen LogP contribution in [0.1, 0.15) is 31.0 Å². The molecule has 0 saturated heterocycles. The zero-order valence-electron chi connectivity index (χ0n) is 14.4. The minimum Gasteiger partial charge on any atom is -0.478 e. The lowest BCUT2D eigenvalue weighted by atomic mass is 9.99. The molecular formula is C20H22N2O2. The minimum atomic E-state index is -0.136. The van der Waals surface area contributed by atoms with E-state index in [0.717, 1.165) is 23.2 Å². The Hall–Kier alpha value is -2.54. The molecule has 24 heavy (non-hydrogen) atoms. The van der Waals surface area contributed by atoms with Crippen LogP contribution in [0.15, 0.2) is 29.1 Å². The highest BCUT2D eigenvalue weighted by Crippen LogP contribution is 2.37. The van der Waals surface area contributed by atoms with Crippen molar-refractivity contribution >= 4 is 0 Å². The molecular weight excluding hydrogens is 300 g/mol. The van der Waals surface area contributed by atoms with E-state index in [9.17, 15) is 4.79 Å². The van der Waals surface area contributed by atoms with Gasteiger partial charge in [-0.2, -0.15) is 5.10 Å². The zero-order chi connectivity index (χ0) is 17.1. The van der Waals surface area contributed by atoms with Crippen LogP contribution in [0.3, 0.4) is 0 Å². The van der Waals surface area contributed by atoms with Crippen LogP contribution in [0.2, 0.25) is 0 Å². The molecule has 1 aromatic heterocycles. The molecule has 1 heterocycles. The average Bonchev–Trinajstić information content (AvgIpc) is 3.37. The van der Waals surface area contributed by atoms with Gasteiger partial charge in [0.15, 0.2) is 5.75 Å². The third kappa shape index (κ3) is 3.35. The van der Waals surface area contributed by atoms with Gasteiger partial charge >= 0.3 is 0 Å². The maximum atomic E-state index is 12.8. The Kier molecular flexibility index (Phi) is 4.71. The smallest absolute Gasteiger partial charge is 0.278 e. The van der Waals surface area contributed by atoms with E-state index in [1.807, 2.05) is 31.2 Å². The lowest BCUT2D eigenvalue weighted by molar-refractivity contribution is 0.360. The summed E-state index contributed by atoms with van der Waals surface area (Å²) in [5.74, 6) is 6.99. The summed E-state index contributed by atoms with van der Waals surface area (Å²) >= 11 is 0. The monoisotopic (exact) mass is 322 g/mol. The van der Waals surface area contributed by atoms with Crippen molar-refractivity contribution < 1.29 is 4.74 Å². The summed E-state index contributed by atoms with van der Waals surface area (Å²) < 4.78 is 7.36. The first-order valence-electron chi connectivity index (χ1n) is 8.30. The molecule has 1 aromatic carbocycles. The molecule has 1 saturated carbocycles. The van der Waals surface area contributed by atoms with Gasteiger partial charge in [0.25, 0.3) is 5.56 Å². The maximum Gasteiger partial charge on any atom is 0.278 e. The second-order valence-corrected chi connectivity index (χ2v) is 6.26. The second-order valence-electron chi connectivity index (χ2n) is 6.26. The van der Waals surface area contributed by atoms with Crippen LogP contribution in [-0.2, 0) is 13.5 Å². The summed E-state index contributed by atoms with van der Waals surface area (Å²) in [4.78, 5) is 12.8. The first-order valence-corrected chi connectivity index (χ1v) is 8.30. The minimum absolute atomic E-state index is 0.136. The van der Waals surface area contributed by atoms with Gasteiger partial charge in [-0.25, -0.2) is 4.68 Å². The van der Waals surface area contributed by atoms with Crippen LogP contribution in [0.4, 0.5) is 0 Å². The predicted molar refractivity (Wildman–Crippen MR) is 95.0 cm³/mol. The van der Waals surface area contributed by atoms with E-state index < -0.39 is 0 Å². The molecule has 0 radical (unpaired) electrons. The van der Waals surface area contributed by atoms with Gasteiger partial charge in [-0.15, -0.1) is 5.92 Å². The standard InChI is InChI=1S/C20H22N2O2/c1-4-5-12-24-19-17(13-15-10-11-15)21-22(3)20(23)18(19)16-9-7-6-8-14(16)2/h6-9,15H,10-13H2,1-3H3. The fraction of sp³-hybridized carbons (Fsp3) is 0.400. The van der Waals surface area contributed by atoms with Crippen molar-refractivity contribution in [1.82, 2.24) is 9.78 Å². The van der Waals surface area contributed by atoms with Crippen LogP contribution < -0.4 is 10.3 Å². The summed E-state index contributed by atoms with van der Waals surface area (Å²) in [6, 6.07) is 7.88. The van der Waals surface area contributed by atoms with Crippen molar-refractivity contribution in [2.24, 2.45) is 13.0 Å². The lowest BCUT2D eigenvalue weighted by Gasteiger charge is -2.16. The second kappa shape index (κ2) is 6.92. The van der Waals surface area contributed by atoms with Crippen LogP contribution in [-0.4, -0.2) is 16.4 Å². The number of hydrogen-bond donors (Lipinski definition) is 0. The van der Waals surface area contributed by atoms with E-state index in [0.29, 0.717) is 17.2 Å². The Labute approximate surface area is 142 Å². The summed E-state index contributed by atoms with van der Waals surface area (Å²) in [6.45, 7) is 4.05. The first-order chi connectivity index (χ1) is 11.6. The van der Waals surface area contributed by atoms with Crippen LogP contribution in [0, 0.1) is 24.7 Å². The average molecular weight is 322 g/mol. The summed E-state index contributed by atoms with van der Waals surface area (Å²) in [6.07, 6.45) is 3.29. The molecule has 2 aromatic rings. The van der Waals surface area contributed by atoms with E-state index in [-0.39, 0.29) is 12.2 Å². The van der Waals surface area contributed by atoms with Gasteiger partial charge in [0, 0.05) is 7.05 Å². The van der Waals surface area contributed by atoms with Crippen molar-refractivity contribution in [3.8, 4) is 28.7 Å². The number of aryl methyl sites for hydroxylation is 2. The fourth-order valence-corrected chi connectivity index (χ4v) is 2.83. The van der Waals surface area contributed by atoms with Crippen LogP contribution in [0.5, 0.6) is 5.75 Å². The molecule has 124 valence electrons. The number of nitrogens with zero attached hydrogens (tertiary/aromatic N) is 2. The van der Waals surface area contributed by atoms with E-state index in [2.05, 4.69) is 16.9 Å². The quantitative estimate of drug-likeness (QED) is 0.795. The van der Waals surface area contributed by atoms with Crippen molar-refractivity contribution in [3.63, 3.8) is 0 Å². The highest BCUT2D eigenvalue weighted by Gasteiger charge is 2.27. The van der Waals surface area contributed by atoms with Crippen LogP contribution in [0.25, 0.3) is 11.1 Å². The Bertz CT molecular complexity index is 867. The highest BCUT2D eigenvalue weighted by atomic mass is 16.5. The molecule has 0 spiro atoms. The topological polar surface area (TPSA) is 44.1 Å². The van der Waals surface area contributed by atoms with Gasteiger partial charge in [0.05, 0.1) is 5.56 Å². The Morgan fingerprint density at radius 1 is 1.33 bits per heavy atom. The fourth-order valence-electron chi connectivity index (χ4n) is 2.83. The zero-order valence-corrected chi connectivity index (χ0v) is 14.4. The Morgan fingerprint density at radius 3 is 2.75 bits per heavy atom. The normalized spacial score (nSPS) is 13.3. The third-order valence-corrected chi connectivity index (χ3v) is 4.33. The van der Waals surface area contributed by atoms with E-state index in [1.165, 1.54) is 17.5 Å². The molecule has 1 aliphatic carbocycles. The van der Waals surface area contributed by atoms with Gasteiger partial charge in [0.2, 0.25) is 0 Å². The van der Waals surface area contributed by atoms with Gasteiger partial charge < -0.3 is 4.74 Å². The molecule has 0 unspecified atom stereocenters. The van der Waals surface area contributed by atoms with Gasteiger partial charge in [-0.3, -0.25) is 4.79 Å². The molecule has 1 fully saturated rings. The molecule has 4 nitrogen and oxygen atoms in total. The SMILES string of the molecule is CC#CCOc1c(CC2CC2)nn(C)c(=O)c1-c1ccccc1C. The third-order valence-electron chi connectivity index (χ3n) is 4.33. The summed E-state index contributed by atoms with van der Waals surface area (Å²) in [7, 11) is 1.70. The number of benzene rings is 1. The predicted octanol–water partition coefficient (Wildman–Crippen LogP) is 3.11. The molecule has 1 aliphatic rings. The first kappa shape index (κ1) is 16.3. The van der Waals surface area contributed by atoms with E-state index >= 15 is 0 Å². The number of aromatic nitrogens is 2. The number of ether oxygens (including phenoxy) is 1. The summed E-state index contributed by atoms with van der Waals surface area (Å²) in [5, 5.41) is 4.48. The Balaban J connectivity index is 2.18. The molecule has 0 N–H and O–H groups in total. The maximum absolute atomic E-state index is 12.8. The lowest BCUT2D eigenvalue weighted by Crippen LogP contribution is -2.25. The number of rotatable bonds is 5. The van der Waals surface area contributed by atoms with Crippen LogP contribution >= 0.6 is 0 Å². The highest BCUT2D eigenvalue weighted by molar-refractivity contribution is 5.73. The van der Waals surface area contributed by atoms with Crippen molar-refractivity contribution in [3.05, 3.63) is 45.9 Å². The van der Waals surface area contributed by atoms with Crippen molar-refractivity contribution in [1.29, 1.82) is 0 Å². The largest absolute Gasteiger partial charge is 0.478 e. The van der Waals surface area contributed by atoms with Gasteiger partial charge in [-0.05, 0) is 50.2 Å². The van der Waals surface area contributed by atoms with Crippen molar-refractivity contribution in [2.45, 2.75) is 33.1 Å².